The molecule has 3 N–H and O–H groups in total. The van der Waals surface area contributed by atoms with Crippen LogP contribution in [0.3, 0.4) is 0 Å². The Morgan fingerprint density at radius 2 is 1.56 bits per heavy atom. The van der Waals surface area contributed by atoms with Gasteiger partial charge >= 0.3 is 0 Å². The standard InChI is InChI=1S/C28H37N3O3/c29-25-13-7-8-14-26(25)31(28(33)22-9-3-1-4-10-22)19-21-15-17-23(18-16-21)30-27(32)20-34-24-11-5-2-6-12-24/h2,5-6,11-12,15-18,22,25-26H,1,3-4,7-10,13-14,19-20,29H2,(H,30,32). The molecule has 6 heteroatoms. The summed E-state index contributed by atoms with van der Waals surface area (Å²) in [6.45, 7) is 0.522. The first-order valence-electron chi connectivity index (χ1n) is 12.7. The Bertz CT molecular complexity index is 926. The van der Waals surface area contributed by atoms with Crippen molar-refractivity contribution >= 4 is 17.5 Å². The molecule has 2 saturated carbocycles. The molecular formula is C28H37N3O3. The van der Waals surface area contributed by atoms with E-state index in [9.17, 15) is 9.59 Å². The van der Waals surface area contributed by atoms with Gasteiger partial charge in [-0.3, -0.25) is 9.59 Å². The van der Waals surface area contributed by atoms with Gasteiger partial charge in [0.15, 0.2) is 6.61 Å². The number of ether oxygens (including phenoxy) is 1. The third kappa shape index (κ3) is 6.60. The molecule has 2 unspecified atom stereocenters. The van der Waals surface area contributed by atoms with Crippen molar-refractivity contribution in [2.75, 3.05) is 11.9 Å². The zero-order valence-electron chi connectivity index (χ0n) is 20.0. The lowest BCUT2D eigenvalue weighted by molar-refractivity contribution is -0.141. The Kier molecular flexibility index (Phi) is 8.58. The Morgan fingerprint density at radius 3 is 2.26 bits per heavy atom. The van der Waals surface area contributed by atoms with E-state index >= 15 is 0 Å². The monoisotopic (exact) mass is 463 g/mol. The van der Waals surface area contributed by atoms with Gasteiger partial charge in [0.25, 0.3) is 5.91 Å². The minimum absolute atomic E-state index is 0.0458. The summed E-state index contributed by atoms with van der Waals surface area (Å²) >= 11 is 0. The van der Waals surface area contributed by atoms with Crippen LogP contribution in [0.15, 0.2) is 54.6 Å². The van der Waals surface area contributed by atoms with Crippen molar-refractivity contribution in [1.82, 2.24) is 4.90 Å². The van der Waals surface area contributed by atoms with E-state index in [0.717, 1.165) is 56.9 Å². The summed E-state index contributed by atoms with van der Waals surface area (Å²) in [4.78, 5) is 27.9. The molecule has 2 atom stereocenters. The number of carbonyl (C=O) groups is 2. The minimum Gasteiger partial charge on any atom is -0.484 e. The van der Waals surface area contributed by atoms with Gasteiger partial charge < -0.3 is 20.7 Å². The maximum atomic E-state index is 13.5. The molecule has 182 valence electrons. The highest BCUT2D eigenvalue weighted by atomic mass is 16.5. The highest BCUT2D eigenvalue weighted by Crippen LogP contribution is 2.30. The molecule has 34 heavy (non-hydrogen) atoms. The van der Waals surface area contributed by atoms with Crippen molar-refractivity contribution in [3.8, 4) is 5.75 Å². The molecule has 4 rings (SSSR count). The van der Waals surface area contributed by atoms with Crippen molar-refractivity contribution in [2.45, 2.75) is 76.4 Å². The summed E-state index contributed by atoms with van der Waals surface area (Å²) in [5, 5.41) is 2.87. The highest BCUT2D eigenvalue weighted by Gasteiger charge is 2.34. The van der Waals surface area contributed by atoms with E-state index in [2.05, 4.69) is 10.2 Å². The molecule has 0 aliphatic heterocycles. The molecule has 2 aliphatic rings. The van der Waals surface area contributed by atoms with Crippen molar-refractivity contribution in [3.63, 3.8) is 0 Å². The topological polar surface area (TPSA) is 84.7 Å². The number of nitrogens with two attached hydrogens (primary N) is 1. The van der Waals surface area contributed by atoms with E-state index in [1.807, 2.05) is 54.6 Å². The van der Waals surface area contributed by atoms with Crippen LogP contribution < -0.4 is 15.8 Å². The SMILES string of the molecule is NC1CCCCC1N(Cc1ccc(NC(=O)COc2ccccc2)cc1)C(=O)C1CCCCC1. The second kappa shape index (κ2) is 12.0. The van der Waals surface area contributed by atoms with Crippen molar-refractivity contribution in [3.05, 3.63) is 60.2 Å². The summed E-state index contributed by atoms with van der Waals surface area (Å²) in [7, 11) is 0. The fraction of sp³-hybridized carbons (Fsp3) is 0.500. The normalized spacial score (nSPS) is 21.0. The zero-order chi connectivity index (χ0) is 23.8. The van der Waals surface area contributed by atoms with E-state index < -0.39 is 0 Å². The molecule has 2 aliphatic carbocycles. The Labute approximate surface area is 202 Å². The van der Waals surface area contributed by atoms with Crippen molar-refractivity contribution in [1.29, 1.82) is 0 Å². The summed E-state index contributed by atoms with van der Waals surface area (Å²) in [5.74, 6) is 0.860. The second-order valence-electron chi connectivity index (χ2n) is 9.66. The molecule has 0 saturated heterocycles. The van der Waals surface area contributed by atoms with Crippen LogP contribution in [0.1, 0.15) is 63.4 Å². The van der Waals surface area contributed by atoms with Crippen LogP contribution in [0.5, 0.6) is 5.75 Å². The molecule has 0 radical (unpaired) electrons. The number of carbonyl (C=O) groups excluding carboxylic acids is 2. The van der Waals surface area contributed by atoms with Gasteiger partial charge in [-0.2, -0.15) is 0 Å². The second-order valence-corrected chi connectivity index (χ2v) is 9.66. The van der Waals surface area contributed by atoms with Gasteiger partial charge in [0, 0.05) is 30.2 Å². The third-order valence-corrected chi connectivity index (χ3v) is 7.12. The van der Waals surface area contributed by atoms with E-state index in [4.69, 9.17) is 10.5 Å². The van der Waals surface area contributed by atoms with Crippen molar-refractivity contribution < 1.29 is 14.3 Å². The van der Waals surface area contributed by atoms with Crippen LogP contribution >= 0.6 is 0 Å². The lowest BCUT2D eigenvalue weighted by atomic mass is 9.85. The molecule has 0 heterocycles. The minimum atomic E-state index is -0.209. The number of nitrogens with zero attached hydrogens (tertiary/aromatic N) is 1. The lowest BCUT2D eigenvalue weighted by Gasteiger charge is -2.40. The number of amides is 2. The highest BCUT2D eigenvalue weighted by molar-refractivity contribution is 5.91. The van der Waals surface area contributed by atoms with Gasteiger partial charge in [0.1, 0.15) is 5.75 Å². The Hall–Kier alpha value is -2.86. The van der Waals surface area contributed by atoms with Crippen LogP contribution in [0, 0.1) is 5.92 Å². The number of rotatable bonds is 8. The molecule has 2 amide bonds. The fourth-order valence-corrected chi connectivity index (χ4v) is 5.22. The van der Waals surface area contributed by atoms with E-state index in [-0.39, 0.29) is 36.4 Å². The van der Waals surface area contributed by atoms with Gasteiger partial charge in [-0.15, -0.1) is 0 Å². The van der Waals surface area contributed by atoms with Gasteiger partial charge in [0.05, 0.1) is 0 Å². The molecule has 0 spiro atoms. The summed E-state index contributed by atoms with van der Waals surface area (Å²) in [5.41, 5.74) is 8.27. The van der Waals surface area contributed by atoms with Crippen LogP contribution in [0.2, 0.25) is 0 Å². The predicted molar refractivity (Wildman–Crippen MR) is 134 cm³/mol. The van der Waals surface area contributed by atoms with Gasteiger partial charge in [-0.1, -0.05) is 62.4 Å². The van der Waals surface area contributed by atoms with Crippen LogP contribution in [-0.4, -0.2) is 35.4 Å². The van der Waals surface area contributed by atoms with E-state index in [1.165, 1.54) is 6.42 Å². The zero-order valence-corrected chi connectivity index (χ0v) is 20.0. The van der Waals surface area contributed by atoms with Crippen LogP contribution in [0.4, 0.5) is 5.69 Å². The molecular weight excluding hydrogens is 426 g/mol. The number of nitrogens with one attached hydrogen (secondary N) is 1. The fourth-order valence-electron chi connectivity index (χ4n) is 5.22. The molecule has 2 fully saturated rings. The Morgan fingerprint density at radius 1 is 0.882 bits per heavy atom. The molecule has 2 aromatic rings. The lowest BCUT2D eigenvalue weighted by Crippen LogP contribution is -2.53. The first-order valence-corrected chi connectivity index (χ1v) is 12.7. The van der Waals surface area contributed by atoms with E-state index in [0.29, 0.717) is 18.0 Å². The van der Waals surface area contributed by atoms with Gasteiger partial charge in [-0.05, 0) is 55.5 Å². The van der Waals surface area contributed by atoms with Crippen LogP contribution in [-0.2, 0) is 16.1 Å². The predicted octanol–water partition coefficient (Wildman–Crippen LogP) is 4.88. The summed E-state index contributed by atoms with van der Waals surface area (Å²) in [6.07, 6.45) is 9.74. The third-order valence-electron chi connectivity index (χ3n) is 7.12. The quantitative estimate of drug-likeness (QED) is 0.584. The van der Waals surface area contributed by atoms with Crippen molar-refractivity contribution in [2.24, 2.45) is 11.7 Å². The number of anilines is 1. The van der Waals surface area contributed by atoms with Crippen LogP contribution in [0.25, 0.3) is 0 Å². The summed E-state index contributed by atoms with van der Waals surface area (Å²) < 4.78 is 5.51. The van der Waals surface area contributed by atoms with E-state index in [1.54, 1.807) is 0 Å². The average Bonchev–Trinajstić information content (AvgIpc) is 2.88. The largest absolute Gasteiger partial charge is 0.484 e. The average molecular weight is 464 g/mol. The first-order chi connectivity index (χ1) is 16.6. The first kappa shape index (κ1) is 24.3. The number of hydrogen-bond donors (Lipinski definition) is 2. The molecule has 6 nitrogen and oxygen atoms in total. The maximum Gasteiger partial charge on any atom is 0.262 e. The number of benzene rings is 2. The number of hydrogen-bond acceptors (Lipinski definition) is 4. The molecule has 0 bridgehead atoms. The summed E-state index contributed by atoms with van der Waals surface area (Å²) in [6, 6.07) is 17.2. The number of para-hydroxylation sites is 1. The van der Waals surface area contributed by atoms with Gasteiger partial charge in [-0.25, -0.2) is 0 Å². The maximum absolute atomic E-state index is 13.5. The molecule has 0 aromatic heterocycles. The Balaban J connectivity index is 1.38. The smallest absolute Gasteiger partial charge is 0.262 e. The van der Waals surface area contributed by atoms with Gasteiger partial charge in [0.2, 0.25) is 5.91 Å². The molecule has 2 aromatic carbocycles.